The van der Waals surface area contributed by atoms with Gasteiger partial charge in [0, 0.05) is 38.5 Å². The number of para-hydroxylation sites is 1. The van der Waals surface area contributed by atoms with Gasteiger partial charge in [0.25, 0.3) is 0 Å². The molecule has 0 spiro atoms. The molecule has 0 saturated carbocycles. The average Bonchev–Trinajstić information content (AvgIpc) is 3.97. The lowest BCUT2D eigenvalue weighted by Crippen LogP contribution is -2.00. The topological polar surface area (TPSA) is 56.7 Å². The van der Waals surface area contributed by atoms with Gasteiger partial charge in [-0.1, -0.05) is 194 Å². The maximum absolute atomic E-state index is 6.69. The molecule has 0 amide bonds. The minimum Gasteiger partial charge on any atom is -0.456 e. The Morgan fingerprint density at radius 3 is 1.26 bits per heavy atom. The lowest BCUT2D eigenvalue weighted by molar-refractivity contribution is 0.669. The summed E-state index contributed by atoms with van der Waals surface area (Å²) in [5.74, 6) is 1.79. The van der Waals surface area contributed by atoms with Gasteiger partial charge < -0.3 is 8.98 Å². The molecule has 0 saturated heterocycles. The van der Waals surface area contributed by atoms with Crippen molar-refractivity contribution in [3.8, 4) is 84.4 Å². The molecular formula is C63H40N4O. The van der Waals surface area contributed by atoms with E-state index in [4.69, 9.17) is 19.4 Å². The second kappa shape index (κ2) is 16.4. The Labute approximate surface area is 392 Å². The Hall–Kier alpha value is -9.19. The maximum Gasteiger partial charge on any atom is 0.164 e. The van der Waals surface area contributed by atoms with Gasteiger partial charge in [0.05, 0.1) is 16.4 Å². The molecule has 0 bridgehead atoms. The van der Waals surface area contributed by atoms with E-state index in [2.05, 4.69) is 235 Å². The van der Waals surface area contributed by atoms with Crippen LogP contribution < -0.4 is 0 Å². The Bertz CT molecular complexity index is 3870. The second-order valence-corrected chi connectivity index (χ2v) is 17.2. The molecule has 3 heterocycles. The first-order chi connectivity index (χ1) is 33.7. The van der Waals surface area contributed by atoms with Crippen molar-refractivity contribution in [3.05, 3.63) is 243 Å². The third-order valence-electron chi connectivity index (χ3n) is 13.1. The Kier molecular flexibility index (Phi) is 9.43. The zero-order valence-corrected chi connectivity index (χ0v) is 36.8. The first-order valence-electron chi connectivity index (χ1n) is 22.9. The zero-order valence-electron chi connectivity index (χ0n) is 36.8. The van der Waals surface area contributed by atoms with E-state index >= 15 is 0 Å². The summed E-state index contributed by atoms with van der Waals surface area (Å²) in [6.45, 7) is 0. The number of furan rings is 1. The molecule has 0 aliphatic heterocycles. The third-order valence-corrected chi connectivity index (χ3v) is 13.1. The molecule has 5 heteroatoms. The van der Waals surface area contributed by atoms with Crippen LogP contribution in [0.3, 0.4) is 0 Å². The van der Waals surface area contributed by atoms with E-state index in [1.165, 1.54) is 16.5 Å². The number of benzene rings is 10. The molecule has 318 valence electrons. The number of aromatic nitrogens is 4. The van der Waals surface area contributed by atoms with Gasteiger partial charge in [0.15, 0.2) is 17.5 Å². The van der Waals surface area contributed by atoms with Crippen LogP contribution in [0.1, 0.15) is 0 Å². The lowest BCUT2D eigenvalue weighted by atomic mass is 10.00. The van der Waals surface area contributed by atoms with Gasteiger partial charge in [-0.3, -0.25) is 0 Å². The number of nitrogens with zero attached hydrogens (tertiary/aromatic N) is 4. The van der Waals surface area contributed by atoms with Crippen LogP contribution >= 0.6 is 0 Å². The molecule has 13 aromatic rings. The molecule has 10 aromatic carbocycles. The molecular weight excluding hydrogens is 829 g/mol. The summed E-state index contributed by atoms with van der Waals surface area (Å²) in [6, 6.07) is 85.2. The van der Waals surface area contributed by atoms with Gasteiger partial charge in [-0.15, -0.1) is 0 Å². The van der Waals surface area contributed by atoms with Crippen molar-refractivity contribution >= 4 is 43.7 Å². The molecule has 0 unspecified atom stereocenters. The molecule has 0 radical (unpaired) electrons. The number of fused-ring (bicyclic) bond motifs is 7. The van der Waals surface area contributed by atoms with Crippen LogP contribution in [0.4, 0.5) is 0 Å². The fourth-order valence-electron chi connectivity index (χ4n) is 9.68. The average molecular weight is 869 g/mol. The van der Waals surface area contributed by atoms with E-state index in [0.717, 1.165) is 94.1 Å². The van der Waals surface area contributed by atoms with E-state index in [0.29, 0.717) is 17.5 Å². The summed E-state index contributed by atoms with van der Waals surface area (Å²) < 4.78 is 9.09. The third kappa shape index (κ3) is 6.93. The minimum absolute atomic E-state index is 0.583. The molecule has 5 nitrogen and oxygen atoms in total. The summed E-state index contributed by atoms with van der Waals surface area (Å²) in [6.07, 6.45) is 0. The highest BCUT2D eigenvalue weighted by atomic mass is 16.3. The fraction of sp³-hybridized carbons (Fsp3) is 0. The van der Waals surface area contributed by atoms with Crippen LogP contribution in [-0.2, 0) is 0 Å². The van der Waals surface area contributed by atoms with E-state index in [1.807, 2.05) is 12.1 Å². The van der Waals surface area contributed by atoms with Crippen LogP contribution in [0.25, 0.3) is 128 Å². The Morgan fingerprint density at radius 1 is 0.279 bits per heavy atom. The molecule has 68 heavy (non-hydrogen) atoms. The summed E-state index contributed by atoms with van der Waals surface area (Å²) >= 11 is 0. The van der Waals surface area contributed by atoms with Crippen LogP contribution in [0, 0.1) is 0 Å². The van der Waals surface area contributed by atoms with Crippen molar-refractivity contribution in [2.45, 2.75) is 0 Å². The standard InChI is InChI=1S/C63H40N4O/c1-4-13-41(14-5-1)44-23-25-47(26-24-44)50-19-12-20-52(39-50)67-56-22-11-10-21-53(56)54-36-38-58-59(60(54)67)55-40-51(35-37-57(55)68-58)63-65-61(48-31-27-45(28-32-48)42-15-6-2-7-16-42)64-62(66-63)49-33-29-46(30-34-49)43-17-8-3-9-18-43/h1-40H. The van der Waals surface area contributed by atoms with Gasteiger partial charge in [-0.2, -0.15) is 0 Å². The smallest absolute Gasteiger partial charge is 0.164 e. The quantitative estimate of drug-likeness (QED) is 0.153. The lowest BCUT2D eigenvalue weighted by Gasteiger charge is -2.12. The highest BCUT2D eigenvalue weighted by Gasteiger charge is 2.21. The summed E-state index contributed by atoms with van der Waals surface area (Å²) in [5.41, 5.74) is 16.9. The minimum atomic E-state index is 0.583. The predicted octanol–water partition coefficient (Wildman–Crippen LogP) is 16.5. The first kappa shape index (κ1) is 39.2. The van der Waals surface area contributed by atoms with E-state index in [-0.39, 0.29) is 0 Å². The van der Waals surface area contributed by atoms with Crippen LogP contribution in [-0.4, -0.2) is 19.5 Å². The molecule has 0 atom stereocenters. The van der Waals surface area contributed by atoms with Crippen molar-refractivity contribution in [1.29, 1.82) is 0 Å². The summed E-state index contributed by atoms with van der Waals surface area (Å²) in [4.78, 5) is 15.5. The summed E-state index contributed by atoms with van der Waals surface area (Å²) in [7, 11) is 0. The van der Waals surface area contributed by atoms with Crippen molar-refractivity contribution in [2.75, 3.05) is 0 Å². The van der Waals surface area contributed by atoms with Gasteiger partial charge in [-0.25, -0.2) is 15.0 Å². The normalized spacial score (nSPS) is 11.5. The monoisotopic (exact) mass is 868 g/mol. The molecule has 0 aliphatic carbocycles. The van der Waals surface area contributed by atoms with Crippen molar-refractivity contribution in [3.63, 3.8) is 0 Å². The second-order valence-electron chi connectivity index (χ2n) is 17.2. The number of hydrogen-bond acceptors (Lipinski definition) is 4. The fourth-order valence-corrected chi connectivity index (χ4v) is 9.68. The molecule has 0 aliphatic rings. The Morgan fingerprint density at radius 2 is 0.706 bits per heavy atom. The first-order valence-corrected chi connectivity index (χ1v) is 22.9. The van der Waals surface area contributed by atoms with Gasteiger partial charge in [0.2, 0.25) is 0 Å². The molecule has 0 N–H and O–H groups in total. The van der Waals surface area contributed by atoms with Gasteiger partial charge in [0.1, 0.15) is 11.2 Å². The van der Waals surface area contributed by atoms with E-state index in [1.54, 1.807) is 0 Å². The summed E-state index contributed by atoms with van der Waals surface area (Å²) in [5, 5.41) is 4.36. The maximum atomic E-state index is 6.69. The van der Waals surface area contributed by atoms with Gasteiger partial charge in [-0.05, 0) is 93.0 Å². The number of rotatable bonds is 8. The molecule has 13 rings (SSSR count). The molecule has 3 aromatic heterocycles. The Balaban J connectivity index is 0.964. The SMILES string of the molecule is c1ccc(-c2ccc(-c3cccc(-n4c5ccccc5c5ccc6oc7ccc(-c8nc(-c9ccc(-c%10ccccc%10)cc9)nc(-c9ccc(-c%10ccccc%10)cc9)n8)cc7c6c54)c3)cc2)cc1. The van der Waals surface area contributed by atoms with Crippen molar-refractivity contribution < 1.29 is 4.42 Å². The largest absolute Gasteiger partial charge is 0.456 e. The zero-order chi connectivity index (χ0) is 45.0. The van der Waals surface area contributed by atoms with Crippen LogP contribution in [0.15, 0.2) is 247 Å². The highest BCUT2D eigenvalue weighted by Crippen LogP contribution is 2.42. The highest BCUT2D eigenvalue weighted by molar-refractivity contribution is 6.24. The van der Waals surface area contributed by atoms with Crippen molar-refractivity contribution in [2.24, 2.45) is 0 Å². The van der Waals surface area contributed by atoms with E-state index in [9.17, 15) is 0 Å². The predicted molar refractivity (Wildman–Crippen MR) is 279 cm³/mol. The number of hydrogen-bond donors (Lipinski definition) is 0. The van der Waals surface area contributed by atoms with Crippen molar-refractivity contribution in [1.82, 2.24) is 19.5 Å². The van der Waals surface area contributed by atoms with E-state index < -0.39 is 0 Å². The van der Waals surface area contributed by atoms with Gasteiger partial charge >= 0.3 is 0 Å². The van der Waals surface area contributed by atoms with Crippen LogP contribution in [0.2, 0.25) is 0 Å². The molecule has 0 fully saturated rings. The van der Waals surface area contributed by atoms with Crippen LogP contribution in [0.5, 0.6) is 0 Å².